The zero-order valence-corrected chi connectivity index (χ0v) is 12.5. The van der Waals surface area contributed by atoms with E-state index in [0.29, 0.717) is 21.4 Å². The number of nitro benzene ring substituents is 1. The fourth-order valence-electron chi connectivity index (χ4n) is 1.58. The van der Waals surface area contributed by atoms with E-state index >= 15 is 0 Å². The van der Waals surface area contributed by atoms with Crippen LogP contribution in [0.15, 0.2) is 48.5 Å². The largest absolute Gasteiger partial charge is 0.423 e. The van der Waals surface area contributed by atoms with Crippen LogP contribution in [0, 0.1) is 10.1 Å². The van der Waals surface area contributed by atoms with Crippen LogP contribution in [0.1, 0.15) is 5.56 Å². The lowest BCUT2D eigenvalue weighted by atomic mass is 10.2. The number of esters is 1. The molecule has 0 aromatic heterocycles. The summed E-state index contributed by atoms with van der Waals surface area (Å²) < 4.78 is 5.05. The summed E-state index contributed by atoms with van der Waals surface area (Å²) in [5.74, 6) is -0.297. The first-order valence-electron chi connectivity index (χ1n) is 6.05. The molecule has 2 aromatic carbocycles. The molecule has 0 saturated carbocycles. The highest BCUT2D eigenvalue weighted by Gasteiger charge is 2.08. The van der Waals surface area contributed by atoms with Crippen LogP contribution < -0.4 is 4.74 Å². The Morgan fingerprint density at radius 2 is 1.82 bits per heavy atom. The third kappa shape index (κ3) is 4.31. The van der Waals surface area contributed by atoms with Crippen LogP contribution in [0.5, 0.6) is 5.75 Å². The minimum absolute atomic E-state index is 0.116. The Hall–Kier alpha value is -2.37. The summed E-state index contributed by atoms with van der Waals surface area (Å²) in [4.78, 5) is 21.8. The van der Waals surface area contributed by atoms with Gasteiger partial charge in [-0.05, 0) is 36.4 Å². The Labute approximate surface area is 135 Å². The first-order chi connectivity index (χ1) is 10.5. The molecule has 0 fully saturated rings. The molecule has 0 aliphatic carbocycles. The Balaban J connectivity index is 2.10. The number of hydrogen-bond acceptors (Lipinski definition) is 4. The van der Waals surface area contributed by atoms with Gasteiger partial charge in [0.15, 0.2) is 0 Å². The number of carbonyl (C=O) groups excluding carboxylic acids is 1. The van der Waals surface area contributed by atoms with Crippen molar-refractivity contribution in [3.63, 3.8) is 0 Å². The van der Waals surface area contributed by atoms with Gasteiger partial charge in [-0.15, -0.1) is 0 Å². The molecular weight excluding hydrogens is 329 g/mol. The van der Waals surface area contributed by atoms with E-state index in [1.807, 2.05) is 0 Å². The van der Waals surface area contributed by atoms with Crippen molar-refractivity contribution >= 4 is 40.9 Å². The lowest BCUT2D eigenvalue weighted by molar-refractivity contribution is -0.384. The van der Waals surface area contributed by atoms with E-state index in [1.54, 1.807) is 24.3 Å². The van der Waals surface area contributed by atoms with Gasteiger partial charge in [-0.25, -0.2) is 4.79 Å². The molecule has 0 unspecified atom stereocenters. The smallest absolute Gasteiger partial charge is 0.336 e. The SMILES string of the molecule is O=C(/C=C/c1cc([N+](=O)[O-])ccc1Cl)Oc1ccc(Cl)cc1. The van der Waals surface area contributed by atoms with E-state index in [4.69, 9.17) is 27.9 Å². The lowest BCUT2D eigenvalue weighted by Crippen LogP contribution is -2.03. The number of nitrogens with zero attached hydrogens (tertiary/aromatic N) is 1. The standard InChI is InChI=1S/C15H9Cl2NO4/c16-11-2-5-13(6-3-11)22-15(19)8-1-10-9-12(18(20)21)4-7-14(10)17/h1-9H/b8-1+. The maximum absolute atomic E-state index is 11.7. The van der Waals surface area contributed by atoms with Crippen LogP contribution in [0.25, 0.3) is 6.08 Å². The fraction of sp³-hybridized carbons (Fsp3) is 0. The van der Waals surface area contributed by atoms with Crippen molar-refractivity contribution in [3.05, 3.63) is 74.3 Å². The minimum Gasteiger partial charge on any atom is -0.423 e. The number of ether oxygens (including phenoxy) is 1. The Bertz CT molecular complexity index is 742. The van der Waals surface area contributed by atoms with E-state index in [1.165, 1.54) is 24.3 Å². The molecule has 0 atom stereocenters. The van der Waals surface area contributed by atoms with Gasteiger partial charge >= 0.3 is 5.97 Å². The summed E-state index contributed by atoms with van der Waals surface area (Å²) in [5.41, 5.74) is 0.235. The Morgan fingerprint density at radius 1 is 1.14 bits per heavy atom. The van der Waals surface area contributed by atoms with Crippen molar-refractivity contribution < 1.29 is 14.5 Å². The van der Waals surface area contributed by atoms with Gasteiger partial charge < -0.3 is 4.74 Å². The summed E-state index contributed by atoms with van der Waals surface area (Å²) in [6, 6.07) is 10.2. The number of halogens is 2. The van der Waals surface area contributed by atoms with E-state index < -0.39 is 10.9 Å². The number of benzene rings is 2. The van der Waals surface area contributed by atoms with E-state index in [9.17, 15) is 14.9 Å². The number of rotatable bonds is 4. The normalized spacial score (nSPS) is 10.6. The van der Waals surface area contributed by atoms with Crippen molar-refractivity contribution in [1.82, 2.24) is 0 Å². The van der Waals surface area contributed by atoms with Gasteiger partial charge in [-0.1, -0.05) is 23.2 Å². The molecule has 0 spiro atoms. The van der Waals surface area contributed by atoms with E-state index in [2.05, 4.69) is 0 Å². The van der Waals surface area contributed by atoms with Crippen molar-refractivity contribution in [1.29, 1.82) is 0 Å². The summed E-state index contributed by atoms with van der Waals surface area (Å²) in [7, 11) is 0. The maximum Gasteiger partial charge on any atom is 0.336 e. The molecule has 112 valence electrons. The summed E-state index contributed by atoms with van der Waals surface area (Å²) in [5, 5.41) is 11.5. The van der Waals surface area contributed by atoms with Crippen LogP contribution in [-0.2, 0) is 4.79 Å². The molecular formula is C15H9Cl2NO4. The molecule has 22 heavy (non-hydrogen) atoms. The molecule has 0 heterocycles. The molecule has 2 aromatic rings. The average Bonchev–Trinajstić information content (AvgIpc) is 2.48. The number of non-ortho nitro benzene ring substituents is 1. The topological polar surface area (TPSA) is 69.4 Å². The van der Waals surface area contributed by atoms with Gasteiger partial charge in [0, 0.05) is 33.8 Å². The quantitative estimate of drug-likeness (QED) is 0.270. The van der Waals surface area contributed by atoms with Crippen LogP contribution in [0.4, 0.5) is 5.69 Å². The molecule has 0 N–H and O–H groups in total. The van der Waals surface area contributed by atoms with Gasteiger partial charge in [0.05, 0.1) is 4.92 Å². The average molecular weight is 338 g/mol. The fourth-order valence-corrected chi connectivity index (χ4v) is 1.89. The van der Waals surface area contributed by atoms with Crippen molar-refractivity contribution in [2.75, 3.05) is 0 Å². The number of carbonyl (C=O) groups is 1. The second-order valence-corrected chi connectivity index (χ2v) is 5.01. The van der Waals surface area contributed by atoms with E-state index in [-0.39, 0.29) is 5.69 Å². The third-order valence-corrected chi connectivity index (χ3v) is 3.22. The van der Waals surface area contributed by atoms with Gasteiger partial charge in [0.1, 0.15) is 5.75 Å². The highest BCUT2D eigenvalue weighted by atomic mass is 35.5. The lowest BCUT2D eigenvalue weighted by Gasteiger charge is -2.01. The van der Waals surface area contributed by atoms with Crippen LogP contribution in [-0.4, -0.2) is 10.9 Å². The second kappa shape index (κ2) is 7.06. The van der Waals surface area contributed by atoms with Crippen LogP contribution in [0.2, 0.25) is 10.0 Å². The van der Waals surface area contributed by atoms with E-state index in [0.717, 1.165) is 6.08 Å². The molecule has 0 radical (unpaired) electrons. The first kappa shape index (κ1) is 16.0. The Kier molecular flexibility index (Phi) is 5.14. The van der Waals surface area contributed by atoms with Crippen molar-refractivity contribution in [3.8, 4) is 5.75 Å². The van der Waals surface area contributed by atoms with Gasteiger partial charge in [0.25, 0.3) is 5.69 Å². The van der Waals surface area contributed by atoms with Crippen LogP contribution >= 0.6 is 23.2 Å². The summed E-state index contributed by atoms with van der Waals surface area (Å²) >= 11 is 11.6. The summed E-state index contributed by atoms with van der Waals surface area (Å²) in [6.45, 7) is 0. The first-order valence-corrected chi connectivity index (χ1v) is 6.81. The van der Waals surface area contributed by atoms with Gasteiger partial charge in [-0.3, -0.25) is 10.1 Å². The molecule has 2 rings (SSSR count). The van der Waals surface area contributed by atoms with Crippen molar-refractivity contribution in [2.45, 2.75) is 0 Å². The molecule has 7 heteroatoms. The highest BCUT2D eigenvalue weighted by molar-refractivity contribution is 6.32. The predicted molar refractivity (Wildman–Crippen MR) is 84.2 cm³/mol. The number of nitro groups is 1. The highest BCUT2D eigenvalue weighted by Crippen LogP contribution is 2.23. The second-order valence-electron chi connectivity index (χ2n) is 4.17. The maximum atomic E-state index is 11.7. The molecule has 0 saturated heterocycles. The Morgan fingerprint density at radius 3 is 2.45 bits per heavy atom. The summed E-state index contributed by atoms with van der Waals surface area (Å²) in [6.07, 6.45) is 2.49. The molecule has 0 bridgehead atoms. The zero-order chi connectivity index (χ0) is 16.1. The predicted octanol–water partition coefficient (Wildman–Crippen LogP) is 4.52. The molecule has 0 amide bonds. The van der Waals surface area contributed by atoms with Gasteiger partial charge in [0.2, 0.25) is 0 Å². The molecule has 5 nitrogen and oxygen atoms in total. The number of hydrogen-bond donors (Lipinski definition) is 0. The van der Waals surface area contributed by atoms with Gasteiger partial charge in [-0.2, -0.15) is 0 Å². The van der Waals surface area contributed by atoms with Crippen molar-refractivity contribution in [2.24, 2.45) is 0 Å². The molecule has 0 aliphatic heterocycles. The third-order valence-electron chi connectivity index (χ3n) is 2.62. The minimum atomic E-state index is -0.634. The zero-order valence-electron chi connectivity index (χ0n) is 11.0. The monoisotopic (exact) mass is 337 g/mol. The molecule has 0 aliphatic rings. The van der Waals surface area contributed by atoms with Crippen LogP contribution in [0.3, 0.4) is 0 Å².